The molecular weight excluding hydrogens is 313 g/mol. The van der Waals surface area contributed by atoms with Gasteiger partial charge in [-0.3, -0.25) is 9.48 Å². The Balaban J connectivity index is 1.45. The van der Waals surface area contributed by atoms with E-state index < -0.39 is 5.82 Å². The zero-order valence-corrected chi connectivity index (χ0v) is 12.8. The summed E-state index contributed by atoms with van der Waals surface area (Å²) < 4.78 is 25.8. The average molecular weight is 329 g/mol. The quantitative estimate of drug-likeness (QED) is 0.676. The second-order valence-electron chi connectivity index (χ2n) is 5.00. The maximum Gasteiger partial charge on any atom is 0.287 e. The van der Waals surface area contributed by atoms with Crippen LogP contribution in [0.3, 0.4) is 0 Å². The van der Waals surface area contributed by atoms with Crippen LogP contribution in [0.15, 0.2) is 59.3 Å². The van der Waals surface area contributed by atoms with Gasteiger partial charge >= 0.3 is 0 Å². The number of ether oxygens (including phenoxy) is 1. The lowest BCUT2D eigenvalue weighted by molar-refractivity contribution is 0.0917. The van der Waals surface area contributed by atoms with Gasteiger partial charge in [-0.2, -0.15) is 5.10 Å². The number of carbonyl (C=O) groups excluding carboxylic acids is 1. The first kappa shape index (κ1) is 15.8. The molecule has 0 aliphatic rings. The van der Waals surface area contributed by atoms with Crippen LogP contribution in [0.4, 0.5) is 4.39 Å². The molecule has 124 valence electrons. The van der Waals surface area contributed by atoms with Crippen molar-refractivity contribution in [2.24, 2.45) is 0 Å². The Kier molecular flexibility index (Phi) is 4.90. The van der Waals surface area contributed by atoms with Gasteiger partial charge in [0.1, 0.15) is 12.4 Å². The predicted octanol–water partition coefficient (Wildman–Crippen LogP) is 2.47. The SMILES string of the molecule is O=C(NCCOc1ccccc1F)c1ccc(Cn2cccn2)o1. The van der Waals surface area contributed by atoms with Gasteiger partial charge in [0.05, 0.1) is 13.1 Å². The van der Waals surface area contributed by atoms with Crippen LogP contribution in [0, 0.1) is 5.82 Å². The minimum absolute atomic E-state index is 0.159. The molecule has 0 spiro atoms. The molecule has 0 saturated heterocycles. The second-order valence-corrected chi connectivity index (χ2v) is 5.00. The monoisotopic (exact) mass is 329 g/mol. The summed E-state index contributed by atoms with van der Waals surface area (Å²) in [5.74, 6) is 0.220. The van der Waals surface area contributed by atoms with Gasteiger partial charge in [-0.25, -0.2) is 4.39 Å². The smallest absolute Gasteiger partial charge is 0.287 e. The molecular formula is C17H16FN3O3. The largest absolute Gasteiger partial charge is 0.489 e. The van der Waals surface area contributed by atoms with Crippen LogP contribution in [0.2, 0.25) is 0 Å². The van der Waals surface area contributed by atoms with E-state index in [0.717, 1.165) is 0 Å². The van der Waals surface area contributed by atoms with Gasteiger partial charge in [-0.05, 0) is 30.3 Å². The highest BCUT2D eigenvalue weighted by Crippen LogP contribution is 2.14. The molecule has 2 heterocycles. The molecule has 0 aliphatic carbocycles. The molecule has 0 atom stereocenters. The molecule has 24 heavy (non-hydrogen) atoms. The molecule has 0 aliphatic heterocycles. The Labute approximate surface area is 137 Å². The van der Waals surface area contributed by atoms with Crippen LogP contribution in [0.1, 0.15) is 16.3 Å². The highest BCUT2D eigenvalue weighted by Gasteiger charge is 2.11. The Morgan fingerprint density at radius 1 is 1.25 bits per heavy atom. The minimum Gasteiger partial charge on any atom is -0.489 e. The van der Waals surface area contributed by atoms with E-state index in [4.69, 9.17) is 9.15 Å². The van der Waals surface area contributed by atoms with Crippen LogP contribution in [-0.4, -0.2) is 28.8 Å². The molecule has 6 nitrogen and oxygen atoms in total. The molecule has 7 heteroatoms. The number of carbonyl (C=O) groups is 1. The number of amides is 1. The molecule has 0 radical (unpaired) electrons. The van der Waals surface area contributed by atoms with Crippen molar-refractivity contribution in [3.63, 3.8) is 0 Å². The van der Waals surface area contributed by atoms with Crippen molar-refractivity contribution in [1.82, 2.24) is 15.1 Å². The van der Waals surface area contributed by atoms with E-state index in [9.17, 15) is 9.18 Å². The van der Waals surface area contributed by atoms with Crippen LogP contribution in [0.5, 0.6) is 5.75 Å². The molecule has 0 fully saturated rings. The Hall–Kier alpha value is -3.09. The van der Waals surface area contributed by atoms with E-state index >= 15 is 0 Å². The molecule has 0 bridgehead atoms. The summed E-state index contributed by atoms with van der Waals surface area (Å²) in [6.07, 6.45) is 3.48. The number of rotatable bonds is 7. The van der Waals surface area contributed by atoms with Gasteiger partial charge < -0.3 is 14.5 Å². The molecule has 0 unspecified atom stereocenters. The van der Waals surface area contributed by atoms with E-state index in [1.807, 2.05) is 12.3 Å². The number of halogens is 1. The minimum atomic E-state index is -0.432. The summed E-state index contributed by atoms with van der Waals surface area (Å²) in [5, 5.41) is 6.73. The van der Waals surface area contributed by atoms with Crippen molar-refractivity contribution >= 4 is 5.91 Å². The molecule has 3 aromatic rings. The van der Waals surface area contributed by atoms with Gasteiger partial charge in [-0.15, -0.1) is 0 Å². The highest BCUT2D eigenvalue weighted by atomic mass is 19.1. The highest BCUT2D eigenvalue weighted by molar-refractivity contribution is 5.91. The number of nitrogens with zero attached hydrogens (tertiary/aromatic N) is 2. The van der Waals surface area contributed by atoms with E-state index in [-0.39, 0.29) is 30.6 Å². The second kappa shape index (κ2) is 7.45. The first-order chi connectivity index (χ1) is 11.7. The molecule has 1 aromatic carbocycles. The van der Waals surface area contributed by atoms with Crippen molar-refractivity contribution in [3.05, 3.63) is 72.2 Å². The standard InChI is InChI=1S/C17H16FN3O3/c18-14-4-1-2-5-15(14)23-11-9-19-17(22)16-7-6-13(24-16)12-21-10-3-8-20-21/h1-8,10H,9,11-12H2,(H,19,22). The van der Waals surface area contributed by atoms with Crippen molar-refractivity contribution in [2.75, 3.05) is 13.2 Å². The summed E-state index contributed by atoms with van der Waals surface area (Å²) in [6, 6.07) is 11.3. The maximum absolute atomic E-state index is 13.4. The topological polar surface area (TPSA) is 69.3 Å². The van der Waals surface area contributed by atoms with Crippen molar-refractivity contribution in [2.45, 2.75) is 6.54 Å². The summed E-state index contributed by atoms with van der Waals surface area (Å²) in [5.41, 5.74) is 0. The molecule has 1 amide bonds. The van der Waals surface area contributed by atoms with Crippen LogP contribution >= 0.6 is 0 Å². The summed E-state index contributed by atoms with van der Waals surface area (Å²) in [6.45, 7) is 0.854. The van der Waals surface area contributed by atoms with E-state index in [2.05, 4.69) is 10.4 Å². The summed E-state index contributed by atoms with van der Waals surface area (Å²) >= 11 is 0. The Bertz CT molecular complexity index is 799. The number of hydrogen-bond donors (Lipinski definition) is 1. The number of hydrogen-bond acceptors (Lipinski definition) is 4. The van der Waals surface area contributed by atoms with Gasteiger partial charge in [0.2, 0.25) is 0 Å². The van der Waals surface area contributed by atoms with Gasteiger partial charge in [0, 0.05) is 12.4 Å². The Morgan fingerprint density at radius 2 is 2.12 bits per heavy atom. The third-order valence-electron chi connectivity index (χ3n) is 3.24. The Morgan fingerprint density at radius 3 is 2.92 bits per heavy atom. The average Bonchev–Trinajstić information content (AvgIpc) is 3.25. The lowest BCUT2D eigenvalue weighted by atomic mass is 10.3. The third-order valence-corrected chi connectivity index (χ3v) is 3.24. The zero-order chi connectivity index (χ0) is 16.8. The van der Waals surface area contributed by atoms with Gasteiger partial charge in [0.25, 0.3) is 5.91 Å². The lowest BCUT2D eigenvalue weighted by Gasteiger charge is -2.07. The fraction of sp³-hybridized carbons (Fsp3) is 0.176. The van der Waals surface area contributed by atoms with E-state index in [1.165, 1.54) is 12.1 Å². The zero-order valence-electron chi connectivity index (χ0n) is 12.8. The maximum atomic E-state index is 13.4. The molecule has 2 aromatic heterocycles. The van der Waals surface area contributed by atoms with Crippen LogP contribution < -0.4 is 10.1 Å². The lowest BCUT2D eigenvalue weighted by Crippen LogP contribution is -2.27. The fourth-order valence-electron chi connectivity index (χ4n) is 2.11. The van der Waals surface area contributed by atoms with Crippen molar-refractivity contribution in [1.29, 1.82) is 0 Å². The number of benzene rings is 1. The van der Waals surface area contributed by atoms with Gasteiger partial charge in [-0.1, -0.05) is 12.1 Å². The number of nitrogens with one attached hydrogen (secondary N) is 1. The normalized spacial score (nSPS) is 10.5. The predicted molar refractivity (Wildman–Crippen MR) is 84.3 cm³/mol. The van der Waals surface area contributed by atoms with E-state index in [1.54, 1.807) is 35.1 Å². The molecule has 0 saturated carbocycles. The number of furan rings is 1. The van der Waals surface area contributed by atoms with Gasteiger partial charge in [0.15, 0.2) is 17.3 Å². The van der Waals surface area contributed by atoms with Crippen LogP contribution in [-0.2, 0) is 6.54 Å². The van der Waals surface area contributed by atoms with Crippen molar-refractivity contribution in [3.8, 4) is 5.75 Å². The fourth-order valence-corrected chi connectivity index (χ4v) is 2.11. The summed E-state index contributed by atoms with van der Waals surface area (Å²) in [7, 11) is 0. The van der Waals surface area contributed by atoms with Crippen LogP contribution in [0.25, 0.3) is 0 Å². The third kappa shape index (κ3) is 4.01. The summed E-state index contributed by atoms with van der Waals surface area (Å²) in [4.78, 5) is 12.0. The number of para-hydroxylation sites is 1. The van der Waals surface area contributed by atoms with E-state index in [0.29, 0.717) is 12.3 Å². The van der Waals surface area contributed by atoms with Crippen molar-refractivity contribution < 1.29 is 18.3 Å². The molecule has 3 rings (SSSR count). The molecule has 1 N–H and O–H groups in total. The number of aromatic nitrogens is 2. The first-order valence-electron chi connectivity index (χ1n) is 7.44. The first-order valence-corrected chi connectivity index (χ1v) is 7.44.